The number of hydrogen-bond acceptors (Lipinski definition) is 5. The summed E-state index contributed by atoms with van der Waals surface area (Å²) in [5, 5.41) is 3.25. The average molecular weight is 545 g/mol. The van der Waals surface area contributed by atoms with Crippen LogP contribution in [0, 0.1) is 0 Å². The molecule has 0 fully saturated rings. The maximum absolute atomic E-state index is 13.5. The van der Waals surface area contributed by atoms with Crippen LogP contribution < -0.4 is 14.4 Å². The van der Waals surface area contributed by atoms with E-state index in [2.05, 4.69) is 5.32 Å². The van der Waals surface area contributed by atoms with Gasteiger partial charge in [-0.15, -0.1) is 0 Å². The van der Waals surface area contributed by atoms with E-state index in [0.29, 0.717) is 5.75 Å². The highest BCUT2D eigenvalue weighted by Gasteiger charge is 2.32. The van der Waals surface area contributed by atoms with Crippen molar-refractivity contribution in [3.63, 3.8) is 0 Å². The number of rotatable bonds is 9. The summed E-state index contributed by atoms with van der Waals surface area (Å²) in [4.78, 5) is 27.8. The standard InChI is InChI=1S/C24H31Cl2N3O5S/c1-16(23(31)27-24(2,3)4)28(14-17-7-10-19(34-5)11-8-17)22(30)15-29(35(6,32)33)21-13-18(25)9-12-20(21)26/h7-13,16H,14-15H2,1-6H3,(H,27,31). The van der Waals surface area contributed by atoms with Crippen LogP contribution in [0.2, 0.25) is 10.0 Å². The van der Waals surface area contributed by atoms with Gasteiger partial charge < -0.3 is 15.0 Å². The molecule has 1 N–H and O–H groups in total. The lowest BCUT2D eigenvalue weighted by molar-refractivity contribution is -0.140. The molecule has 0 aliphatic carbocycles. The van der Waals surface area contributed by atoms with Crippen molar-refractivity contribution in [1.29, 1.82) is 0 Å². The largest absolute Gasteiger partial charge is 0.497 e. The van der Waals surface area contributed by atoms with E-state index < -0.39 is 34.1 Å². The molecule has 192 valence electrons. The molecule has 0 aliphatic heterocycles. The first kappa shape index (κ1) is 28.7. The molecule has 0 saturated carbocycles. The van der Waals surface area contributed by atoms with Gasteiger partial charge in [-0.2, -0.15) is 0 Å². The fourth-order valence-electron chi connectivity index (χ4n) is 3.26. The summed E-state index contributed by atoms with van der Waals surface area (Å²) < 4.78 is 31.3. The maximum atomic E-state index is 13.5. The van der Waals surface area contributed by atoms with Gasteiger partial charge in [0.25, 0.3) is 0 Å². The molecule has 1 atom stereocenters. The number of benzene rings is 2. The van der Waals surface area contributed by atoms with Crippen LogP contribution in [0.3, 0.4) is 0 Å². The summed E-state index contributed by atoms with van der Waals surface area (Å²) in [7, 11) is -2.37. The molecule has 11 heteroatoms. The van der Waals surface area contributed by atoms with Crippen LogP contribution in [0.4, 0.5) is 5.69 Å². The van der Waals surface area contributed by atoms with Crippen molar-refractivity contribution in [2.45, 2.75) is 45.8 Å². The second kappa shape index (κ2) is 11.5. The molecule has 2 amide bonds. The average Bonchev–Trinajstić information content (AvgIpc) is 2.75. The van der Waals surface area contributed by atoms with Crippen LogP contribution >= 0.6 is 23.2 Å². The Labute approximate surface area is 217 Å². The number of nitrogens with one attached hydrogen (secondary N) is 1. The Morgan fingerprint density at radius 1 is 1.09 bits per heavy atom. The topological polar surface area (TPSA) is 96.0 Å². The zero-order valence-corrected chi connectivity index (χ0v) is 23.0. The van der Waals surface area contributed by atoms with Crippen LogP contribution in [-0.2, 0) is 26.2 Å². The number of halogens is 2. The van der Waals surface area contributed by atoms with E-state index in [9.17, 15) is 18.0 Å². The predicted octanol–water partition coefficient (Wildman–Crippen LogP) is 4.10. The van der Waals surface area contributed by atoms with Crippen molar-refractivity contribution in [2.75, 3.05) is 24.2 Å². The van der Waals surface area contributed by atoms with E-state index in [0.717, 1.165) is 16.1 Å². The number of hydrogen-bond donors (Lipinski definition) is 1. The van der Waals surface area contributed by atoms with Crippen LogP contribution in [0.1, 0.15) is 33.3 Å². The molecule has 8 nitrogen and oxygen atoms in total. The van der Waals surface area contributed by atoms with Gasteiger partial charge in [-0.3, -0.25) is 13.9 Å². The van der Waals surface area contributed by atoms with Gasteiger partial charge in [-0.1, -0.05) is 35.3 Å². The maximum Gasteiger partial charge on any atom is 0.244 e. The van der Waals surface area contributed by atoms with Gasteiger partial charge >= 0.3 is 0 Å². The third kappa shape index (κ3) is 8.30. The lowest BCUT2D eigenvalue weighted by Crippen LogP contribution is -2.54. The minimum atomic E-state index is -3.92. The minimum Gasteiger partial charge on any atom is -0.497 e. The first-order valence-corrected chi connectivity index (χ1v) is 13.4. The van der Waals surface area contributed by atoms with E-state index >= 15 is 0 Å². The van der Waals surface area contributed by atoms with Gasteiger partial charge in [-0.25, -0.2) is 8.42 Å². The second-order valence-corrected chi connectivity index (χ2v) is 11.9. The zero-order valence-electron chi connectivity index (χ0n) is 20.6. The Morgan fingerprint density at radius 2 is 1.69 bits per heavy atom. The van der Waals surface area contributed by atoms with Gasteiger partial charge in [0.2, 0.25) is 21.8 Å². The van der Waals surface area contributed by atoms with Crippen molar-refractivity contribution in [3.8, 4) is 5.75 Å². The highest BCUT2D eigenvalue weighted by molar-refractivity contribution is 7.92. The fraction of sp³-hybridized carbons (Fsp3) is 0.417. The van der Waals surface area contributed by atoms with Crippen molar-refractivity contribution in [1.82, 2.24) is 10.2 Å². The Bertz CT molecular complexity index is 1160. The summed E-state index contributed by atoms with van der Waals surface area (Å²) in [5.41, 5.74) is 0.292. The minimum absolute atomic E-state index is 0.0719. The van der Waals surface area contributed by atoms with Gasteiger partial charge in [0, 0.05) is 17.1 Å². The molecule has 35 heavy (non-hydrogen) atoms. The molecule has 0 aromatic heterocycles. The Morgan fingerprint density at radius 3 is 2.20 bits per heavy atom. The molecule has 2 aromatic carbocycles. The second-order valence-electron chi connectivity index (χ2n) is 9.15. The molecule has 2 rings (SSSR count). The molecule has 1 unspecified atom stereocenters. The molecule has 0 radical (unpaired) electrons. The smallest absolute Gasteiger partial charge is 0.244 e. The van der Waals surface area contributed by atoms with E-state index in [4.69, 9.17) is 27.9 Å². The third-order valence-electron chi connectivity index (χ3n) is 5.03. The zero-order chi connectivity index (χ0) is 26.6. The molecule has 0 saturated heterocycles. The molecule has 0 spiro atoms. The molecule has 0 heterocycles. The van der Waals surface area contributed by atoms with E-state index in [-0.39, 0.29) is 28.2 Å². The number of ether oxygens (including phenoxy) is 1. The van der Waals surface area contributed by atoms with Gasteiger partial charge in [0.15, 0.2) is 0 Å². The summed E-state index contributed by atoms with van der Waals surface area (Å²) in [6, 6.07) is 10.5. The molecule has 2 aromatic rings. The van der Waals surface area contributed by atoms with Crippen molar-refractivity contribution in [2.24, 2.45) is 0 Å². The number of amides is 2. The van der Waals surface area contributed by atoms with Gasteiger partial charge in [0.05, 0.1) is 24.1 Å². The third-order valence-corrected chi connectivity index (χ3v) is 6.71. The van der Waals surface area contributed by atoms with Gasteiger partial charge in [-0.05, 0) is 63.6 Å². The number of sulfonamides is 1. The highest BCUT2D eigenvalue weighted by atomic mass is 35.5. The Hall–Kier alpha value is -2.49. The predicted molar refractivity (Wildman–Crippen MR) is 140 cm³/mol. The SMILES string of the molecule is COc1ccc(CN(C(=O)CN(c2cc(Cl)ccc2Cl)S(C)(=O)=O)C(C)C(=O)NC(C)(C)C)cc1. The molecular weight excluding hydrogens is 513 g/mol. The lowest BCUT2D eigenvalue weighted by Gasteiger charge is -2.33. The first-order chi connectivity index (χ1) is 16.1. The van der Waals surface area contributed by atoms with Crippen molar-refractivity contribution in [3.05, 3.63) is 58.1 Å². The quantitative estimate of drug-likeness (QED) is 0.513. The molecule has 0 bridgehead atoms. The summed E-state index contributed by atoms with van der Waals surface area (Å²) in [5.74, 6) is -0.311. The van der Waals surface area contributed by atoms with Crippen LogP contribution in [0.25, 0.3) is 0 Å². The Kier molecular flexibility index (Phi) is 9.44. The lowest BCUT2D eigenvalue weighted by atomic mass is 10.1. The summed E-state index contributed by atoms with van der Waals surface area (Å²) >= 11 is 12.3. The van der Waals surface area contributed by atoms with Crippen molar-refractivity contribution < 1.29 is 22.7 Å². The van der Waals surface area contributed by atoms with Gasteiger partial charge in [0.1, 0.15) is 18.3 Å². The van der Waals surface area contributed by atoms with E-state index in [1.165, 1.54) is 23.1 Å². The summed E-state index contributed by atoms with van der Waals surface area (Å²) in [6.07, 6.45) is 0.973. The Balaban J connectivity index is 2.44. The summed E-state index contributed by atoms with van der Waals surface area (Å²) in [6.45, 7) is 6.60. The number of carbonyl (C=O) groups excluding carboxylic acids is 2. The monoisotopic (exact) mass is 543 g/mol. The van der Waals surface area contributed by atoms with E-state index in [1.54, 1.807) is 38.3 Å². The fourth-order valence-corrected chi connectivity index (χ4v) is 4.55. The van der Waals surface area contributed by atoms with Crippen molar-refractivity contribution >= 4 is 50.7 Å². The first-order valence-electron chi connectivity index (χ1n) is 10.8. The van der Waals surface area contributed by atoms with E-state index in [1.807, 2.05) is 20.8 Å². The normalized spacial score (nSPS) is 12.6. The van der Waals surface area contributed by atoms with Crippen LogP contribution in [-0.4, -0.2) is 56.6 Å². The number of nitrogens with zero attached hydrogens (tertiary/aromatic N) is 2. The van der Waals surface area contributed by atoms with Crippen LogP contribution in [0.15, 0.2) is 42.5 Å². The number of methoxy groups -OCH3 is 1. The molecular formula is C24H31Cl2N3O5S. The highest BCUT2D eigenvalue weighted by Crippen LogP contribution is 2.31. The number of anilines is 1. The number of carbonyl (C=O) groups is 2. The molecule has 0 aliphatic rings. The van der Waals surface area contributed by atoms with Crippen LogP contribution in [0.5, 0.6) is 5.75 Å².